The molecule has 0 bridgehead atoms. The Balaban J connectivity index is 2.26. The lowest BCUT2D eigenvalue weighted by Gasteiger charge is -2.11. The molecule has 4 heteroatoms. The van der Waals surface area contributed by atoms with E-state index in [4.69, 9.17) is 27.9 Å². The van der Waals surface area contributed by atoms with Crippen LogP contribution in [0.3, 0.4) is 0 Å². The van der Waals surface area contributed by atoms with Crippen molar-refractivity contribution < 1.29 is 4.74 Å². The van der Waals surface area contributed by atoms with Crippen molar-refractivity contribution in [2.24, 2.45) is 0 Å². The van der Waals surface area contributed by atoms with Crippen molar-refractivity contribution in [3.05, 3.63) is 52.0 Å². The molecular formula is C17H19Cl2NO. The fraction of sp³-hybridized carbons (Fsp3) is 0.294. The van der Waals surface area contributed by atoms with Gasteiger partial charge in [0.15, 0.2) is 0 Å². The molecule has 1 N–H and O–H groups in total. The molecule has 0 spiro atoms. The van der Waals surface area contributed by atoms with Crippen molar-refractivity contribution >= 4 is 23.2 Å². The van der Waals surface area contributed by atoms with E-state index in [-0.39, 0.29) is 0 Å². The summed E-state index contributed by atoms with van der Waals surface area (Å²) in [4.78, 5) is 0. The van der Waals surface area contributed by atoms with Gasteiger partial charge in [-0.3, -0.25) is 0 Å². The summed E-state index contributed by atoms with van der Waals surface area (Å²) in [6.45, 7) is 5.05. The van der Waals surface area contributed by atoms with Crippen LogP contribution >= 0.6 is 23.2 Å². The molecule has 2 nitrogen and oxygen atoms in total. The molecule has 0 unspecified atom stereocenters. The highest BCUT2D eigenvalue weighted by atomic mass is 35.5. The van der Waals surface area contributed by atoms with Crippen molar-refractivity contribution in [3.63, 3.8) is 0 Å². The van der Waals surface area contributed by atoms with Gasteiger partial charge in [-0.05, 0) is 29.3 Å². The molecule has 0 aliphatic rings. The van der Waals surface area contributed by atoms with E-state index < -0.39 is 0 Å². The third-order valence-corrected chi connectivity index (χ3v) is 3.82. The van der Waals surface area contributed by atoms with Crippen LogP contribution in [0.2, 0.25) is 10.0 Å². The van der Waals surface area contributed by atoms with Crippen LogP contribution in [0.25, 0.3) is 11.1 Å². The Labute approximate surface area is 136 Å². The number of hydrogen-bond donors (Lipinski definition) is 1. The maximum absolute atomic E-state index is 6.40. The summed E-state index contributed by atoms with van der Waals surface area (Å²) in [5, 5.41) is 4.68. The highest BCUT2D eigenvalue weighted by Crippen LogP contribution is 2.34. The number of rotatable bonds is 5. The predicted molar refractivity (Wildman–Crippen MR) is 90.4 cm³/mol. The van der Waals surface area contributed by atoms with E-state index >= 15 is 0 Å². The standard InChI is InChI=1S/C17H19Cl2NO/c1-11(2)20-10-12-4-6-14(15(18)8-12)13-5-7-17(21-3)16(19)9-13/h4-9,11,20H,10H2,1-3H3. The first-order chi connectivity index (χ1) is 10.0. The number of nitrogens with one attached hydrogen (secondary N) is 1. The summed E-state index contributed by atoms with van der Waals surface area (Å²) >= 11 is 12.6. The minimum absolute atomic E-state index is 0.448. The number of halogens is 2. The van der Waals surface area contributed by atoms with E-state index in [1.54, 1.807) is 7.11 Å². The highest BCUT2D eigenvalue weighted by molar-refractivity contribution is 6.34. The van der Waals surface area contributed by atoms with Gasteiger partial charge in [0, 0.05) is 23.2 Å². The van der Waals surface area contributed by atoms with Gasteiger partial charge >= 0.3 is 0 Å². The van der Waals surface area contributed by atoms with Gasteiger partial charge in [-0.2, -0.15) is 0 Å². The Hall–Kier alpha value is -1.22. The van der Waals surface area contributed by atoms with Crippen LogP contribution in [0.4, 0.5) is 0 Å². The fourth-order valence-electron chi connectivity index (χ4n) is 2.06. The third-order valence-electron chi connectivity index (χ3n) is 3.21. The average molecular weight is 324 g/mol. The Kier molecular flexibility index (Phi) is 5.51. The molecule has 0 aliphatic carbocycles. The van der Waals surface area contributed by atoms with Crippen LogP contribution < -0.4 is 10.1 Å². The van der Waals surface area contributed by atoms with Crippen LogP contribution in [-0.2, 0) is 6.54 Å². The first kappa shape index (κ1) is 16.2. The zero-order chi connectivity index (χ0) is 15.4. The lowest BCUT2D eigenvalue weighted by molar-refractivity contribution is 0.415. The molecule has 2 rings (SSSR count). The van der Waals surface area contributed by atoms with Crippen molar-refractivity contribution in [2.75, 3.05) is 7.11 Å². The second-order valence-corrected chi connectivity index (χ2v) is 6.01. The molecule has 0 saturated carbocycles. The average Bonchev–Trinajstić information content (AvgIpc) is 2.45. The van der Waals surface area contributed by atoms with Gasteiger partial charge in [-0.1, -0.05) is 55.2 Å². The van der Waals surface area contributed by atoms with Crippen LogP contribution in [-0.4, -0.2) is 13.2 Å². The van der Waals surface area contributed by atoms with Gasteiger partial charge in [0.2, 0.25) is 0 Å². The highest BCUT2D eigenvalue weighted by Gasteiger charge is 2.08. The van der Waals surface area contributed by atoms with Gasteiger partial charge < -0.3 is 10.1 Å². The largest absolute Gasteiger partial charge is 0.495 e. The summed E-state index contributed by atoms with van der Waals surface area (Å²) < 4.78 is 5.17. The Morgan fingerprint density at radius 3 is 2.38 bits per heavy atom. The molecular weight excluding hydrogens is 305 g/mol. The predicted octanol–water partition coefficient (Wildman–Crippen LogP) is 5.17. The molecule has 0 amide bonds. The van der Waals surface area contributed by atoms with Crippen molar-refractivity contribution in [1.82, 2.24) is 5.32 Å². The molecule has 0 heterocycles. The first-order valence-electron chi connectivity index (χ1n) is 6.87. The maximum Gasteiger partial charge on any atom is 0.137 e. The topological polar surface area (TPSA) is 21.3 Å². The smallest absolute Gasteiger partial charge is 0.137 e. The van der Waals surface area contributed by atoms with Gasteiger partial charge in [-0.25, -0.2) is 0 Å². The lowest BCUT2D eigenvalue weighted by atomic mass is 10.0. The maximum atomic E-state index is 6.40. The fourth-order valence-corrected chi connectivity index (χ4v) is 2.63. The second-order valence-electron chi connectivity index (χ2n) is 5.20. The number of methoxy groups -OCH3 is 1. The van der Waals surface area contributed by atoms with Gasteiger partial charge in [0.05, 0.1) is 12.1 Å². The normalized spacial score (nSPS) is 11.0. The van der Waals surface area contributed by atoms with E-state index in [0.29, 0.717) is 16.8 Å². The van der Waals surface area contributed by atoms with Crippen LogP contribution in [0.1, 0.15) is 19.4 Å². The third kappa shape index (κ3) is 4.13. The Bertz CT molecular complexity index is 626. The molecule has 0 fully saturated rings. The van der Waals surface area contributed by atoms with E-state index in [1.165, 1.54) is 0 Å². The molecule has 2 aromatic carbocycles. The van der Waals surface area contributed by atoms with Gasteiger partial charge in [0.25, 0.3) is 0 Å². The Morgan fingerprint density at radius 1 is 1.05 bits per heavy atom. The number of ether oxygens (including phenoxy) is 1. The van der Waals surface area contributed by atoms with Crippen molar-refractivity contribution in [1.29, 1.82) is 0 Å². The monoisotopic (exact) mass is 323 g/mol. The van der Waals surface area contributed by atoms with Gasteiger partial charge in [-0.15, -0.1) is 0 Å². The van der Waals surface area contributed by atoms with Crippen LogP contribution in [0.5, 0.6) is 5.75 Å². The molecule has 0 aromatic heterocycles. The molecule has 0 saturated heterocycles. The minimum atomic E-state index is 0.448. The summed E-state index contributed by atoms with van der Waals surface area (Å²) in [6.07, 6.45) is 0. The van der Waals surface area contributed by atoms with Crippen molar-refractivity contribution in [2.45, 2.75) is 26.4 Å². The molecule has 0 radical (unpaired) electrons. The minimum Gasteiger partial charge on any atom is -0.495 e. The molecule has 21 heavy (non-hydrogen) atoms. The molecule has 2 aromatic rings. The van der Waals surface area contributed by atoms with Crippen LogP contribution in [0, 0.1) is 0 Å². The van der Waals surface area contributed by atoms with Gasteiger partial charge in [0.1, 0.15) is 5.75 Å². The number of benzene rings is 2. The van der Waals surface area contributed by atoms with Crippen molar-refractivity contribution in [3.8, 4) is 16.9 Å². The lowest BCUT2D eigenvalue weighted by Crippen LogP contribution is -2.21. The number of hydrogen-bond acceptors (Lipinski definition) is 2. The molecule has 112 valence electrons. The zero-order valence-electron chi connectivity index (χ0n) is 12.4. The zero-order valence-corrected chi connectivity index (χ0v) is 13.9. The molecule has 0 atom stereocenters. The SMILES string of the molecule is COc1ccc(-c2ccc(CNC(C)C)cc2Cl)cc1Cl. The van der Waals surface area contributed by atoms with Crippen LogP contribution in [0.15, 0.2) is 36.4 Å². The summed E-state index contributed by atoms with van der Waals surface area (Å²) in [5.41, 5.74) is 3.11. The summed E-state index contributed by atoms with van der Waals surface area (Å²) in [7, 11) is 1.60. The summed E-state index contributed by atoms with van der Waals surface area (Å²) in [5.74, 6) is 0.661. The quantitative estimate of drug-likeness (QED) is 0.819. The van der Waals surface area contributed by atoms with E-state index in [9.17, 15) is 0 Å². The van der Waals surface area contributed by atoms with E-state index in [0.717, 1.165) is 28.3 Å². The first-order valence-corrected chi connectivity index (χ1v) is 7.62. The summed E-state index contributed by atoms with van der Waals surface area (Å²) in [6, 6.07) is 12.2. The Morgan fingerprint density at radius 2 is 1.81 bits per heavy atom. The van der Waals surface area contributed by atoms with E-state index in [2.05, 4.69) is 25.2 Å². The van der Waals surface area contributed by atoms with E-state index in [1.807, 2.05) is 30.3 Å². The molecule has 0 aliphatic heterocycles. The second kappa shape index (κ2) is 7.17.